The predicted octanol–water partition coefficient (Wildman–Crippen LogP) is 0.335. The summed E-state index contributed by atoms with van der Waals surface area (Å²) in [7, 11) is 0. The summed E-state index contributed by atoms with van der Waals surface area (Å²) in [5.41, 5.74) is -0.799. The lowest BCUT2D eigenvalue weighted by molar-refractivity contribution is -0.132. The van der Waals surface area contributed by atoms with Crippen molar-refractivity contribution in [3.63, 3.8) is 0 Å². The number of carbonyl (C=O) groups excluding carboxylic acids is 2. The van der Waals surface area contributed by atoms with Crippen molar-refractivity contribution in [1.29, 1.82) is 0 Å². The van der Waals surface area contributed by atoms with Crippen LogP contribution >= 0.6 is 0 Å². The summed E-state index contributed by atoms with van der Waals surface area (Å²) in [5, 5.41) is 11.4. The lowest BCUT2D eigenvalue weighted by Crippen LogP contribution is -2.48. The number of imide groups is 1. The van der Waals surface area contributed by atoms with Crippen LogP contribution in [0.3, 0.4) is 0 Å². The van der Waals surface area contributed by atoms with Crippen molar-refractivity contribution < 1.29 is 14.7 Å². The van der Waals surface area contributed by atoms with Gasteiger partial charge in [0.2, 0.25) is 0 Å². The fraction of sp³-hybridized carbons (Fsp3) is 0.800. The second-order valence-electron chi connectivity index (χ2n) is 4.32. The van der Waals surface area contributed by atoms with E-state index in [1.54, 1.807) is 6.92 Å². The van der Waals surface area contributed by atoms with E-state index < -0.39 is 5.54 Å². The van der Waals surface area contributed by atoms with E-state index in [1.807, 2.05) is 13.8 Å². The Morgan fingerprint density at radius 3 is 2.47 bits per heavy atom. The molecule has 1 atom stereocenters. The first kappa shape index (κ1) is 12.0. The largest absolute Gasteiger partial charge is 0.396 e. The molecule has 0 saturated carbocycles. The van der Waals surface area contributed by atoms with Gasteiger partial charge >= 0.3 is 6.03 Å². The van der Waals surface area contributed by atoms with Crippen LogP contribution in [-0.2, 0) is 4.79 Å². The molecule has 3 amide bonds. The molecule has 0 spiro atoms. The third kappa shape index (κ3) is 1.97. The monoisotopic (exact) mass is 214 g/mol. The Morgan fingerprint density at radius 2 is 2.07 bits per heavy atom. The highest BCUT2D eigenvalue weighted by Crippen LogP contribution is 2.25. The highest BCUT2D eigenvalue weighted by Gasteiger charge is 2.49. The van der Waals surface area contributed by atoms with E-state index in [1.165, 1.54) is 4.90 Å². The van der Waals surface area contributed by atoms with Gasteiger partial charge in [-0.3, -0.25) is 9.69 Å². The third-order valence-corrected chi connectivity index (χ3v) is 3.00. The fourth-order valence-electron chi connectivity index (χ4n) is 1.54. The maximum absolute atomic E-state index is 11.9. The second kappa shape index (κ2) is 4.18. The molecule has 86 valence electrons. The lowest BCUT2D eigenvalue weighted by Gasteiger charge is -2.25. The maximum Gasteiger partial charge on any atom is 0.325 e. The number of hydrogen-bond donors (Lipinski definition) is 2. The summed E-state index contributed by atoms with van der Waals surface area (Å²) < 4.78 is 0. The Hall–Kier alpha value is -1.10. The van der Waals surface area contributed by atoms with Crippen molar-refractivity contribution in [3.8, 4) is 0 Å². The molecular weight excluding hydrogens is 196 g/mol. The Balaban J connectivity index is 2.79. The van der Waals surface area contributed by atoms with Crippen molar-refractivity contribution in [1.82, 2.24) is 10.2 Å². The van der Waals surface area contributed by atoms with Crippen LogP contribution in [0.4, 0.5) is 4.79 Å². The number of aliphatic hydroxyl groups is 1. The van der Waals surface area contributed by atoms with Crippen LogP contribution in [0.25, 0.3) is 0 Å². The molecule has 0 aromatic rings. The SMILES string of the molecule is CC(C)C1(C)NC(=O)N(CCCO)C1=O. The Morgan fingerprint density at radius 1 is 1.47 bits per heavy atom. The van der Waals surface area contributed by atoms with Crippen LogP contribution < -0.4 is 5.32 Å². The Bertz CT molecular complexity index is 278. The molecule has 0 radical (unpaired) electrons. The zero-order valence-corrected chi connectivity index (χ0v) is 9.41. The van der Waals surface area contributed by atoms with Gasteiger partial charge in [0.25, 0.3) is 5.91 Å². The standard InChI is InChI=1S/C10H18N2O3/c1-7(2)10(3)8(14)12(5-4-6-13)9(15)11-10/h7,13H,4-6H2,1-3H3,(H,11,15). The van der Waals surface area contributed by atoms with Crippen molar-refractivity contribution in [2.75, 3.05) is 13.2 Å². The topological polar surface area (TPSA) is 69.6 Å². The number of rotatable bonds is 4. The van der Waals surface area contributed by atoms with Crippen LogP contribution in [0, 0.1) is 5.92 Å². The molecule has 0 bridgehead atoms. The minimum Gasteiger partial charge on any atom is -0.396 e. The van der Waals surface area contributed by atoms with E-state index >= 15 is 0 Å². The van der Waals surface area contributed by atoms with Gasteiger partial charge < -0.3 is 10.4 Å². The summed E-state index contributed by atoms with van der Waals surface area (Å²) >= 11 is 0. The van der Waals surface area contributed by atoms with Crippen LogP contribution in [-0.4, -0.2) is 40.6 Å². The molecule has 0 aliphatic carbocycles. The zero-order valence-electron chi connectivity index (χ0n) is 9.41. The number of aliphatic hydroxyl groups excluding tert-OH is 1. The number of hydrogen-bond acceptors (Lipinski definition) is 3. The number of carbonyl (C=O) groups is 2. The molecule has 2 N–H and O–H groups in total. The second-order valence-corrected chi connectivity index (χ2v) is 4.32. The van der Waals surface area contributed by atoms with Crippen molar-refractivity contribution in [2.45, 2.75) is 32.7 Å². The third-order valence-electron chi connectivity index (χ3n) is 3.00. The molecule has 0 aromatic carbocycles. The Kier molecular flexibility index (Phi) is 3.34. The van der Waals surface area contributed by atoms with Crippen molar-refractivity contribution in [2.24, 2.45) is 5.92 Å². The molecule has 1 saturated heterocycles. The number of amides is 3. The highest BCUT2D eigenvalue weighted by atomic mass is 16.3. The predicted molar refractivity (Wildman–Crippen MR) is 55.2 cm³/mol. The van der Waals surface area contributed by atoms with Crippen LogP contribution in [0.2, 0.25) is 0 Å². The summed E-state index contributed by atoms with van der Waals surface area (Å²) in [5.74, 6) is -0.149. The lowest BCUT2D eigenvalue weighted by atomic mass is 9.88. The minimum absolute atomic E-state index is 0.0184. The van der Waals surface area contributed by atoms with Crippen molar-refractivity contribution >= 4 is 11.9 Å². The maximum atomic E-state index is 11.9. The van der Waals surface area contributed by atoms with Gasteiger partial charge in [-0.1, -0.05) is 13.8 Å². The van der Waals surface area contributed by atoms with Gasteiger partial charge in [-0.25, -0.2) is 4.79 Å². The normalized spacial score (nSPS) is 26.3. The minimum atomic E-state index is -0.799. The number of urea groups is 1. The summed E-state index contributed by atoms with van der Waals surface area (Å²) in [6, 6.07) is -0.357. The first-order chi connectivity index (χ1) is 6.93. The molecular formula is C10H18N2O3. The van der Waals surface area contributed by atoms with Gasteiger partial charge in [0.15, 0.2) is 0 Å². The van der Waals surface area contributed by atoms with Crippen LogP contribution in [0.1, 0.15) is 27.2 Å². The van der Waals surface area contributed by atoms with Gasteiger partial charge in [-0.05, 0) is 19.3 Å². The van der Waals surface area contributed by atoms with Crippen LogP contribution in [0.5, 0.6) is 0 Å². The van der Waals surface area contributed by atoms with E-state index in [9.17, 15) is 9.59 Å². The molecule has 1 fully saturated rings. The Labute approximate surface area is 89.4 Å². The van der Waals surface area contributed by atoms with Gasteiger partial charge in [-0.2, -0.15) is 0 Å². The van der Waals surface area contributed by atoms with E-state index in [0.29, 0.717) is 6.42 Å². The van der Waals surface area contributed by atoms with E-state index in [-0.39, 0.29) is 31.0 Å². The van der Waals surface area contributed by atoms with Gasteiger partial charge in [0.1, 0.15) is 5.54 Å². The fourth-order valence-corrected chi connectivity index (χ4v) is 1.54. The summed E-state index contributed by atoms with van der Waals surface area (Å²) in [6.45, 7) is 5.79. The average Bonchev–Trinajstić information content (AvgIpc) is 2.37. The van der Waals surface area contributed by atoms with Crippen molar-refractivity contribution in [3.05, 3.63) is 0 Å². The molecule has 1 heterocycles. The van der Waals surface area contributed by atoms with E-state index in [2.05, 4.69) is 5.32 Å². The molecule has 1 unspecified atom stereocenters. The molecule has 1 aliphatic heterocycles. The molecule has 5 nitrogen and oxygen atoms in total. The average molecular weight is 214 g/mol. The molecule has 15 heavy (non-hydrogen) atoms. The summed E-state index contributed by atoms with van der Waals surface area (Å²) in [6.07, 6.45) is 0.424. The van der Waals surface area contributed by atoms with E-state index in [0.717, 1.165) is 0 Å². The zero-order chi connectivity index (χ0) is 11.6. The molecule has 1 rings (SSSR count). The highest BCUT2D eigenvalue weighted by molar-refractivity contribution is 6.06. The van der Waals surface area contributed by atoms with Gasteiger partial charge in [0.05, 0.1) is 0 Å². The van der Waals surface area contributed by atoms with E-state index in [4.69, 9.17) is 5.11 Å². The van der Waals surface area contributed by atoms with Crippen LogP contribution in [0.15, 0.2) is 0 Å². The summed E-state index contributed by atoms with van der Waals surface area (Å²) in [4.78, 5) is 24.6. The molecule has 5 heteroatoms. The molecule has 0 aromatic heterocycles. The number of nitrogens with zero attached hydrogens (tertiary/aromatic N) is 1. The molecule has 1 aliphatic rings. The van der Waals surface area contributed by atoms with Gasteiger partial charge in [0, 0.05) is 13.2 Å². The smallest absolute Gasteiger partial charge is 0.325 e. The van der Waals surface area contributed by atoms with Gasteiger partial charge in [-0.15, -0.1) is 0 Å². The quantitative estimate of drug-likeness (QED) is 0.663. The first-order valence-electron chi connectivity index (χ1n) is 5.18. The number of nitrogens with one attached hydrogen (secondary N) is 1. The first-order valence-corrected chi connectivity index (χ1v) is 5.18.